The van der Waals surface area contributed by atoms with Gasteiger partial charge in [0.25, 0.3) is 0 Å². The molecule has 1 heterocycles. The van der Waals surface area contributed by atoms with Crippen molar-refractivity contribution in [1.82, 2.24) is 4.90 Å². The molecule has 0 N–H and O–H groups in total. The number of carbonyl (C=O) groups excluding carboxylic acids is 1. The van der Waals surface area contributed by atoms with E-state index in [2.05, 4.69) is 11.8 Å². The van der Waals surface area contributed by atoms with Crippen LogP contribution in [0.3, 0.4) is 0 Å². The molecule has 0 unspecified atom stereocenters. The summed E-state index contributed by atoms with van der Waals surface area (Å²) in [6.07, 6.45) is 6.93. The first kappa shape index (κ1) is 18.6. The predicted octanol–water partition coefficient (Wildman–Crippen LogP) is 5.40. The zero-order valence-electron chi connectivity index (χ0n) is 16.3. The van der Waals surface area contributed by atoms with E-state index in [9.17, 15) is 4.79 Å². The van der Waals surface area contributed by atoms with Crippen molar-refractivity contribution < 1.29 is 9.53 Å². The van der Waals surface area contributed by atoms with E-state index in [1.54, 1.807) is 0 Å². The molecule has 3 nitrogen and oxygen atoms in total. The van der Waals surface area contributed by atoms with E-state index < -0.39 is 0 Å². The van der Waals surface area contributed by atoms with Crippen molar-refractivity contribution in [2.75, 3.05) is 6.54 Å². The van der Waals surface area contributed by atoms with E-state index in [0.29, 0.717) is 6.61 Å². The summed E-state index contributed by atoms with van der Waals surface area (Å²) in [6, 6.07) is 19.8. The van der Waals surface area contributed by atoms with Gasteiger partial charge in [-0.2, -0.15) is 0 Å². The first-order valence-electron chi connectivity index (χ1n) is 10.3. The van der Waals surface area contributed by atoms with E-state index in [0.717, 1.165) is 24.1 Å². The lowest BCUT2D eigenvalue weighted by Gasteiger charge is -2.32. The molecule has 2 aliphatic rings. The monoisotopic (exact) mass is 373 g/mol. The largest absolute Gasteiger partial charge is 0.445 e. The summed E-state index contributed by atoms with van der Waals surface area (Å²) in [5, 5.41) is 0. The van der Waals surface area contributed by atoms with E-state index in [-0.39, 0.29) is 17.6 Å². The smallest absolute Gasteiger partial charge is 0.411 e. The number of hydrogen-bond donors (Lipinski definition) is 0. The minimum Gasteiger partial charge on any atom is -0.445 e. The summed E-state index contributed by atoms with van der Waals surface area (Å²) in [6.45, 7) is 1.08. The normalized spacial score (nSPS) is 20.4. The van der Waals surface area contributed by atoms with Crippen LogP contribution >= 0.6 is 0 Å². The van der Waals surface area contributed by atoms with Crippen molar-refractivity contribution in [1.29, 1.82) is 0 Å². The fraction of sp³-hybridized carbons (Fsp3) is 0.400. The Morgan fingerprint density at radius 2 is 1.68 bits per heavy atom. The number of ether oxygens (including phenoxy) is 1. The van der Waals surface area contributed by atoms with Crippen LogP contribution < -0.4 is 0 Å². The molecule has 2 aromatic rings. The topological polar surface area (TPSA) is 29.5 Å². The zero-order chi connectivity index (χ0) is 19.2. The van der Waals surface area contributed by atoms with Crippen LogP contribution in [0.2, 0.25) is 0 Å². The van der Waals surface area contributed by atoms with Crippen molar-refractivity contribution in [2.45, 2.75) is 51.2 Å². The van der Waals surface area contributed by atoms with Crippen molar-refractivity contribution in [3.8, 4) is 11.8 Å². The van der Waals surface area contributed by atoms with Crippen molar-refractivity contribution in [2.24, 2.45) is 5.41 Å². The number of benzene rings is 2. The molecule has 0 bridgehead atoms. The predicted molar refractivity (Wildman–Crippen MR) is 111 cm³/mol. The Labute approximate surface area is 167 Å². The Hall–Kier alpha value is -2.73. The molecule has 28 heavy (non-hydrogen) atoms. The maximum absolute atomic E-state index is 12.9. The Morgan fingerprint density at radius 1 is 1.00 bits per heavy atom. The summed E-state index contributed by atoms with van der Waals surface area (Å²) in [5.41, 5.74) is 2.22. The number of rotatable bonds is 2. The van der Waals surface area contributed by atoms with Gasteiger partial charge in [-0.3, -0.25) is 4.90 Å². The van der Waals surface area contributed by atoms with Gasteiger partial charge in [-0.1, -0.05) is 79.6 Å². The summed E-state index contributed by atoms with van der Waals surface area (Å²) >= 11 is 0. The van der Waals surface area contributed by atoms with Gasteiger partial charge < -0.3 is 4.74 Å². The van der Waals surface area contributed by atoms with Gasteiger partial charge in [0.15, 0.2) is 0 Å². The Kier molecular flexibility index (Phi) is 5.67. The fourth-order valence-corrected chi connectivity index (χ4v) is 4.53. The van der Waals surface area contributed by atoms with Gasteiger partial charge in [-0.15, -0.1) is 0 Å². The van der Waals surface area contributed by atoms with Crippen LogP contribution in [-0.4, -0.2) is 23.6 Å². The van der Waals surface area contributed by atoms with Crippen LogP contribution in [0.5, 0.6) is 0 Å². The molecule has 1 saturated heterocycles. The Balaban J connectivity index is 1.49. The number of nitrogens with zero attached hydrogens (tertiary/aromatic N) is 1. The Bertz CT molecular complexity index is 844. The van der Waals surface area contributed by atoms with Crippen molar-refractivity contribution in [3.05, 3.63) is 71.8 Å². The van der Waals surface area contributed by atoms with Crippen LogP contribution in [0.4, 0.5) is 4.79 Å². The second kappa shape index (κ2) is 8.52. The third kappa shape index (κ3) is 4.39. The van der Waals surface area contributed by atoms with Crippen LogP contribution in [0, 0.1) is 17.3 Å². The summed E-state index contributed by atoms with van der Waals surface area (Å²) in [4.78, 5) is 14.8. The van der Waals surface area contributed by atoms with Crippen LogP contribution in [0.1, 0.15) is 49.7 Å². The van der Waals surface area contributed by atoms with Gasteiger partial charge in [0.1, 0.15) is 6.61 Å². The average molecular weight is 373 g/mol. The van der Waals surface area contributed by atoms with Crippen LogP contribution in [0.15, 0.2) is 60.7 Å². The number of amides is 1. The van der Waals surface area contributed by atoms with Gasteiger partial charge in [0.2, 0.25) is 0 Å². The van der Waals surface area contributed by atoms with E-state index in [1.807, 2.05) is 65.6 Å². The molecule has 2 aromatic carbocycles. The molecule has 144 valence electrons. The highest BCUT2D eigenvalue weighted by Gasteiger charge is 2.46. The molecular formula is C25H27NO2. The number of hydrogen-bond acceptors (Lipinski definition) is 2. The fourth-order valence-electron chi connectivity index (χ4n) is 4.53. The maximum atomic E-state index is 12.9. The zero-order valence-corrected chi connectivity index (χ0v) is 16.3. The molecular weight excluding hydrogens is 346 g/mol. The van der Waals surface area contributed by atoms with Crippen LogP contribution in [-0.2, 0) is 11.3 Å². The first-order valence-corrected chi connectivity index (χ1v) is 10.3. The molecule has 1 aliphatic heterocycles. The van der Waals surface area contributed by atoms with Crippen molar-refractivity contribution in [3.63, 3.8) is 0 Å². The maximum Gasteiger partial charge on any atom is 0.411 e. The van der Waals surface area contributed by atoms with E-state index >= 15 is 0 Å². The second-order valence-corrected chi connectivity index (χ2v) is 8.08. The lowest BCUT2D eigenvalue weighted by atomic mass is 9.73. The lowest BCUT2D eigenvalue weighted by molar-refractivity contribution is 0.0916. The highest BCUT2D eigenvalue weighted by atomic mass is 16.6. The highest BCUT2D eigenvalue weighted by Crippen LogP contribution is 2.46. The van der Waals surface area contributed by atoms with E-state index in [1.165, 1.54) is 32.1 Å². The van der Waals surface area contributed by atoms with Gasteiger partial charge in [0.05, 0.1) is 6.04 Å². The third-order valence-corrected chi connectivity index (χ3v) is 6.02. The molecule has 3 heteroatoms. The van der Waals surface area contributed by atoms with Gasteiger partial charge in [0, 0.05) is 12.1 Å². The highest BCUT2D eigenvalue weighted by molar-refractivity contribution is 5.69. The number of carbonyl (C=O) groups is 1. The molecule has 0 aromatic heterocycles. The van der Waals surface area contributed by atoms with Crippen LogP contribution in [0.25, 0.3) is 0 Å². The minimum absolute atomic E-state index is 0.0680. The molecule has 1 spiro atoms. The molecule has 1 amide bonds. The lowest BCUT2D eigenvalue weighted by Crippen LogP contribution is -2.37. The first-order chi connectivity index (χ1) is 13.7. The van der Waals surface area contributed by atoms with E-state index in [4.69, 9.17) is 4.74 Å². The SMILES string of the molecule is O=C(OCc1ccccc1)N1CC2(CCCCC2)C[C@H]1C#Cc1ccccc1. The summed E-state index contributed by atoms with van der Waals surface area (Å²) < 4.78 is 5.65. The number of likely N-dealkylation sites (tertiary alicyclic amines) is 1. The molecule has 1 saturated carbocycles. The standard InChI is InChI=1S/C25H27NO2/c27-24(28-19-22-12-6-2-7-13-22)26-20-25(16-8-3-9-17-25)18-23(26)15-14-21-10-4-1-5-11-21/h1-2,4-7,10-13,23H,3,8-9,16-20H2/t23-/m1/s1. The molecule has 1 atom stereocenters. The Morgan fingerprint density at radius 3 is 2.39 bits per heavy atom. The average Bonchev–Trinajstić information content (AvgIpc) is 3.10. The second-order valence-electron chi connectivity index (χ2n) is 8.08. The summed E-state index contributed by atoms with van der Waals surface area (Å²) in [5.74, 6) is 6.64. The molecule has 2 fully saturated rings. The third-order valence-electron chi connectivity index (χ3n) is 6.02. The van der Waals surface area contributed by atoms with Gasteiger partial charge in [-0.05, 0) is 42.4 Å². The minimum atomic E-state index is -0.237. The quantitative estimate of drug-likeness (QED) is 0.660. The molecule has 1 aliphatic carbocycles. The van der Waals surface area contributed by atoms with Gasteiger partial charge >= 0.3 is 6.09 Å². The van der Waals surface area contributed by atoms with Gasteiger partial charge in [-0.25, -0.2) is 4.79 Å². The van der Waals surface area contributed by atoms with Crippen molar-refractivity contribution >= 4 is 6.09 Å². The molecule has 4 rings (SSSR count). The summed E-state index contributed by atoms with van der Waals surface area (Å²) in [7, 11) is 0. The molecule has 0 radical (unpaired) electrons.